The molecule has 8 heteroatoms. The molecular weight excluding hydrogens is 294 g/mol. The van der Waals surface area contributed by atoms with Gasteiger partial charge in [0.15, 0.2) is 0 Å². The van der Waals surface area contributed by atoms with Crippen molar-refractivity contribution in [1.82, 2.24) is 9.78 Å². The molecule has 1 aromatic carbocycles. The van der Waals surface area contributed by atoms with E-state index in [0.717, 1.165) is 0 Å². The van der Waals surface area contributed by atoms with Crippen molar-refractivity contribution in [3.63, 3.8) is 0 Å². The zero-order valence-corrected chi connectivity index (χ0v) is 11.7. The third-order valence-corrected chi connectivity index (χ3v) is 3.76. The fraction of sp³-hybridized carbons (Fsp3) is 0.357. The fourth-order valence-corrected chi connectivity index (χ4v) is 2.56. The number of halogens is 2. The first-order valence-electron chi connectivity index (χ1n) is 6.87. The number of nitro benzene ring substituents is 1. The molecule has 1 fully saturated rings. The van der Waals surface area contributed by atoms with Gasteiger partial charge in [-0.15, -0.1) is 0 Å². The number of alkyl halides is 2. The fourth-order valence-electron chi connectivity index (χ4n) is 2.56. The number of anilines is 1. The lowest BCUT2D eigenvalue weighted by atomic mass is 10.1. The quantitative estimate of drug-likeness (QED) is 0.646. The number of hydrogen-bond acceptors (Lipinski definition) is 4. The highest BCUT2D eigenvalue weighted by Crippen LogP contribution is 2.34. The molecule has 0 unspecified atom stereocenters. The lowest BCUT2D eigenvalue weighted by Crippen LogP contribution is -2.39. The number of aromatic nitrogens is 2. The van der Waals surface area contributed by atoms with Gasteiger partial charge in [0.25, 0.3) is 11.6 Å². The Kier molecular flexibility index (Phi) is 3.51. The van der Waals surface area contributed by atoms with Gasteiger partial charge in [-0.05, 0) is 12.1 Å². The number of benzene rings is 1. The molecule has 116 valence electrons. The van der Waals surface area contributed by atoms with Crippen LogP contribution in [0.15, 0.2) is 36.7 Å². The summed E-state index contributed by atoms with van der Waals surface area (Å²) >= 11 is 0. The summed E-state index contributed by atoms with van der Waals surface area (Å²) in [6.07, 6.45) is 2.79. The van der Waals surface area contributed by atoms with Crippen molar-refractivity contribution in [2.45, 2.75) is 18.8 Å². The Morgan fingerprint density at radius 3 is 2.55 bits per heavy atom. The average molecular weight is 308 g/mol. The van der Waals surface area contributed by atoms with Crippen molar-refractivity contribution in [3.05, 3.63) is 46.8 Å². The molecule has 0 aliphatic carbocycles. The lowest BCUT2D eigenvalue weighted by Gasteiger charge is -2.34. The molecule has 1 aliphatic rings. The minimum Gasteiger partial charge on any atom is -0.369 e. The molecule has 0 amide bonds. The molecule has 0 N–H and O–H groups in total. The average Bonchev–Trinajstić information content (AvgIpc) is 3.00. The predicted molar refractivity (Wildman–Crippen MR) is 76.6 cm³/mol. The second-order valence-corrected chi connectivity index (χ2v) is 5.22. The van der Waals surface area contributed by atoms with Crippen molar-refractivity contribution in [2.75, 3.05) is 18.0 Å². The van der Waals surface area contributed by atoms with E-state index < -0.39 is 10.8 Å². The van der Waals surface area contributed by atoms with E-state index in [0.29, 0.717) is 11.4 Å². The summed E-state index contributed by atoms with van der Waals surface area (Å²) < 4.78 is 28.2. The van der Waals surface area contributed by atoms with Crippen molar-refractivity contribution >= 4 is 11.4 Å². The molecular formula is C14H14F2N4O2. The van der Waals surface area contributed by atoms with Crippen LogP contribution in [0.2, 0.25) is 0 Å². The van der Waals surface area contributed by atoms with Crippen LogP contribution in [0.3, 0.4) is 0 Å². The lowest BCUT2D eigenvalue weighted by molar-refractivity contribution is -0.384. The number of rotatable bonds is 3. The summed E-state index contributed by atoms with van der Waals surface area (Å²) in [5.74, 6) is -2.66. The summed E-state index contributed by atoms with van der Waals surface area (Å²) in [5, 5.41) is 15.1. The first-order valence-corrected chi connectivity index (χ1v) is 6.87. The summed E-state index contributed by atoms with van der Waals surface area (Å²) in [6, 6.07) is 6.13. The van der Waals surface area contributed by atoms with E-state index >= 15 is 0 Å². The van der Waals surface area contributed by atoms with Gasteiger partial charge in [0.05, 0.1) is 16.3 Å². The maximum absolute atomic E-state index is 13.3. The van der Waals surface area contributed by atoms with E-state index in [-0.39, 0.29) is 31.6 Å². The van der Waals surface area contributed by atoms with Gasteiger partial charge in [0, 0.05) is 50.5 Å². The first-order chi connectivity index (χ1) is 10.5. The van der Waals surface area contributed by atoms with Crippen LogP contribution in [-0.2, 0) is 0 Å². The van der Waals surface area contributed by atoms with E-state index in [4.69, 9.17) is 0 Å². The molecule has 3 rings (SSSR count). The zero-order valence-electron chi connectivity index (χ0n) is 11.7. The molecule has 2 aromatic rings. The first kappa shape index (κ1) is 14.4. The summed E-state index contributed by atoms with van der Waals surface area (Å²) in [4.78, 5) is 12.2. The molecule has 0 saturated carbocycles. The standard InChI is InChI=1S/C14H14F2N4O2/c15-14(16)4-8-18(9-5-14)13-10-11(20(21)22)2-3-12(13)19-7-1-6-17-19/h1-3,6-7,10H,4-5,8-9H2. The SMILES string of the molecule is O=[N+]([O-])c1ccc(-n2cccn2)c(N2CCC(F)(F)CC2)c1. The predicted octanol–water partition coefficient (Wildman–Crippen LogP) is 3.02. The zero-order chi connectivity index (χ0) is 15.7. The van der Waals surface area contributed by atoms with E-state index in [1.165, 1.54) is 12.1 Å². The number of non-ortho nitro benzene ring substituents is 1. The second-order valence-electron chi connectivity index (χ2n) is 5.22. The Balaban J connectivity index is 2.00. The van der Waals surface area contributed by atoms with Crippen molar-refractivity contribution in [3.8, 4) is 5.69 Å². The maximum Gasteiger partial charge on any atom is 0.271 e. The molecule has 6 nitrogen and oxygen atoms in total. The summed E-state index contributed by atoms with van der Waals surface area (Å²) in [5.41, 5.74) is 1.12. The van der Waals surface area contributed by atoms with Crippen LogP contribution < -0.4 is 4.90 Å². The highest BCUT2D eigenvalue weighted by molar-refractivity contribution is 5.67. The largest absolute Gasteiger partial charge is 0.369 e. The summed E-state index contributed by atoms with van der Waals surface area (Å²) in [7, 11) is 0. The normalized spacial score (nSPS) is 17.5. The second kappa shape index (κ2) is 5.36. The molecule has 0 bridgehead atoms. The molecule has 1 aliphatic heterocycles. The van der Waals surface area contributed by atoms with Crippen molar-refractivity contribution in [2.24, 2.45) is 0 Å². The molecule has 1 aromatic heterocycles. The van der Waals surface area contributed by atoms with Gasteiger partial charge in [0.2, 0.25) is 0 Å². The Labute approximate surface area is 125 Å². The topological polar surface area (TPSA) is 64.2 Å². The smallest absolute Gasteiger partial charge is 0.271 e. The van der Waals surface area contributed by atoms with Gasteiger partial charge >= 0.3 is 0 Å². The summed E-state index contributed by atoms with van der Waals surface area (Å²) in [6.45, 7) is 0.310. The van der Waals surface area contributed by atoms with E-state index in [1.807, 2.05) is 0 Å². The van der Waals surface area contributed by atoms with Gasteiger partial charge in [0.1, 0.15) is 0 Å². The van der Waals surface area contributed by atoms with E-state index in [1.54, 1.807) is 34.1 Å². The minimum absolute atomic E-state index is 0.0664. The van der Waals surface area contributed by atoms with Crippen LogP contribution in [0.4, 0.5) is 20.2 Å². The van der Waals surface area contributed by atoms with Crippen molar-refractivity contribution < 1.29 is 13.7 Å². The molecule has 0 radical (unpaired) electrons. The van der Waals surface area contributed by atoms with Crippen LogP contribution in [0, 0.1) is 10.1 Å². The molecule has 0 spiro atoms. The monoisotopic (exact) mass is 308 g/mol. The Morgan fingerprint density at radius 2 is 1.95 bits per heavy atom. The van der Waals surface area contributed by atoms with Gasteiger partial charge in [-0.2, -0.15) is 5.10 Å². The highest BCUT2D eigenvalue weighted by Gasteiger charge is 2.35. The Morgan fingerprint density at radius 1 is 1.23 bits per heavy atom. The molecule has 22 heavy (non-hydrogen) atoms. The number of hydrogen-bond donors (Lipinski definition) is 0. The van der Waals surface area contributed by atoms with E-state index in [9.17, 15) is 18.9 Å². The van der Waals surface area contributed by atoms with Gasteiger partial charge in [-0.25, -0.2) is 13.5 Å². The Bertz CT molecular complexity index is 678. The number of nitro groups is 1. The third-order valence-electron chi connectivity index (χ3n) is 3.76. The Hall–Kier alpha value is -2.51. The van der Waals surface area contributed by atoms with Crippen LogP contribution >= 0.6 is 0 Å². The van der Waals surface area contributed by atoms with Gasteiger partial charge in [-0.1, -0.05) is 0 Å². The van der Waals surface area contributed by atoms with Gasteiger partial charge < -0.3 is 4.90 Å². The van der Waals surface area contributed by atoms with Gasteiger partial charge in [-0.3, -0.25) is 10.1 Å². The number of nitrogens with zero attached hydrogens (tertiary/aromatic N) is 4. The van der Waals surface area contributed by atoms with E-state index in [2.05, 4.69) is 5.10 Å². The molecule has 2 heterocycles. The minimum atomic E-state index is -2.66. The van der Waals surface area contributed by atoms with Crippen molar-refractivity contribution in [1.29, 1.82) is 0 Å². The van der Waals surface area contributed by atoms with Crippen LogP contribution in [0.5, 0.6) is 0 Å². The van der Waals surface area contributed by atoms with Crippen LogP contribution in [-0.4, -0.2) is 33.7 Å². The molecule has 1 saturated heterocycles. The molecule has 0 atom stereocenters. The highest BCUT2D eigenvalue weighted by atomic mass is 19.3. The van der Waals surface area contributed by atoms with Crippen LogP contribution in [0.25, 0.3) is 5.69 Å². The van der Waals surface area contributed by atoms with Crippen LogP contribution in [0.1, 0.15) is 12.8 Å². The maximum atomic E-state index is 13.3. The third kappa shape index (κ3) is 2.76. The number of piperidine rings is 1.